The van der Waals surface area contributed by atoms with E-state index in [9.17, 15) is 4.79 Å². The third kappa shape index (κ3) is 4.17. The second-order valence-corrected chi connectivity index (χ2v) is 4.03. The van der Waals surface area contributed by atoms with Crippen LogP contribution in [-0.4, -0.2) is 12.0 Å². The van der Waals surface area contributed by atoms with Gasteiger partial charge in [-0.05, 0) is 18.9 Å². The van der Waals surface area contributed by atoms with Gasteiger partial charge in [0.2, 0.25) is 5.91 Å². The summed E-state index contributed by atoms with van der Waals surface area (Å²) in [6, 6.07) is 9.89. The maximum Gasteiger partial charge on any atom is 0.239 e. The lowest BCUT2D eigenvalue weighted by Gasteiger charge is -2.21. The minimum Gasteiger partial charge on any atom is -0.373 e. The molecule has 17 heavy (non-hydrogen) atoms. The molecule has 2 atom stereocenters. The zero-order chi connectivity index (χ0) is 12.7. The quantitative estimate of drug-likeness (QED) is 0.448. The Hall–Kier alpha value is -1.39. The molecule has 1 amide bonds. The number of benzene rings is 1. The molecular weight excluding hydrogens is 216 g/mol. The monoisotopic (exact) mass is 236 g/mol. The van der Waals surface area contributed by atoms with Crippen molar-refractivity contribution in [2.75, 3.05) is 0 Å². The fourth-order valence-corrected chi connectivity index (χ4v) is 1.76. The molecule has 0 aromatic heterocycles. The Kier molecular flexibility index (Phi) is 5.66. The van der Waals surface area contributed by atoms with Crippen LogP contribution in [0.15, 0.2) is 30.3 Å². The maximum atomic E-state index is 11.5. The van der Waals surface area contributed by atoms with Crippen molar-refractivity contribution in [2.24, 2.45) is 11.8 Å². The smallest absolute Gasteiger partial charge is 0.239 e. The molecule has 4 nitrogen and oxygen atoms in total. The summed E-state index contributed by atoms with van der Waals surface area (Å²) < 4.78 is 5.69. The number of nitrogens with one attached hydrogen (secondary N) is 1. The summed E-state index contributed by atoms with van der Waals surface area (Å²) in [5, 5.41) is 0. The van der Waals surface area contributed by atoms with Gasteiger partial charge in [0.15, 0.2) is 0 Å². The summed E-state index contributed by atoms with van der Waals surface area (Å²) in [4.78, 5) is 11.5. The number of amides is 1. The summed E-state index contributed by atoms with van der Waals surface area (Å²) in [5.74, 6) is 4.76. The van der Waals surface area contributed by atoms with Gasteiger partial charge in [0.25, 0.3) is 0 Å². The topological polar surface area (TPSA) is 64.4 Å². The van der Waals surface area contributed by atoms with E-state index < -0.39 is 0 Å². The molecule has 0 fully saturated rings. The first-order valence-corrected chi connectivity index (χ1v) is 5.85. The molecule has 0 radical (unpaired) electrons. The highest BCUT2D eigenvalue weighted by molar-refractivity contribution is 5.78. The van der Waals surface area contributed by atoms with Gasteiger partial charge in [-0.25, -0.2) is 5.84 Å². The highest BCUT2D eigenvalue weighted by Crippen LogP contribution is 2.14. The molecular formula is C13H20N2O2. The second-order valence-electron chi connectivity index (χ2n) is 4.03. The second kappa shape index (κ2) is 7.04. The number of hydrogen-bond acceptors (Lipinski definition) is 3. The van der Waals surface area contributed by atoms with Crippen LogP contribution in [0.1, 0.15) is 25.8 Å². The van der Waals surface area contributed by atoms with Crippen LogP contribution >= 0.6 is 0 Å². The fourth-order valence-electron chi connectivity index (χ4n) is 1.76. The number of rotatable bonds is 6. The first-order valence-electron chi connectivity index (χ1n) is 5.85. The molecule has 1 aromatic rings. The zero-order valence-corrected chi connectivity index (χ0v) is 10.3. The molecule has 3 N–H and O–H groups in total. The largest absolute Gasteiger partial charge is 0.373 e. The Morgan fingerprint density at radius 1 is 1.41 bits per heavy atom. The number of hydrogen-bond donors (Lipinski definition) is 2. The van der Waals surface area contributed by atoms with Crippen LogP contribution in [0.5, 0.6) is 0 Å². The maximum absolute atomic E-state index is 11.5. The molecule has 94 valence electrons. The van der Waals surface area contributed by atoms with Gasteiger partial charge in [-0.2, -0.15) is 0 Å². The van der Waals surface area contributed by atoms with E-state index in [0.717, 1.165) is 5.56 Å². The summed E-state index contributed by atoms with van der Waals surface area (Å²) >= 11 is 0. The summed E-state index contributed by atoms with van der Waals surface area (Å²) in [6.45, 7) is 4.35. The highest BCUT2D eigenvalue weighted by atomic mass is 16.5. The molecule has 0 aliphatic heterocycles. The van der Waals surface area contributed by atoms with E-state index in [4.69, 9.17) is 10.6 Å². The number of nitrogens with two attached hydrogens (primary N) is 1. The predicted octanol–water partition coefficient (Wildman–Crippen LogP) is 1.61. The minimum absolute atomic E-state index is 0.149. The SMILES string of the molecule is CC[C@H](C(=O)NN)[C@H](C)OCc1ccccc1. The normalized spacial score (nSPS) is 14.1. The summed E-state index contributed by atoms with van der Waals surface area (Å²) in [7, 11) is 0. The molecule has 0 bridgehead atoms. The van der Waals surface area contributed by atoms with Gasteiger partial charge in [0.1, 0.15) is 0 Å². The van der Waals surface area contributed by atoms with E-state index in [-0.39, 0.29) is 17.9 Å². The van der Waals surface area contributed by atoms with E-state index >= 15 is 0 Å². The Labute approximate surface area is 102 Å². The third-order valence-corrected chi connectivity index (χ3v) is 2.84. The molecule has 0 unspecified atom stereocenters. The fraction of sp³-hybridized carbons (Fsp3) is 0.462. The molecule has 0 aliphatic carbocycles. The summed E-state index contributed by atoms with van der Waals surface area (Å²) in [6.07, 6.45) is 0.558. The van der Waals surface area contributed by atoms with Gasteiger partial charge in [-0.3, -0.25) is 10.2 Å². The van der Waals surface area contributed by atoms with Crippen LogP contribution in [-0.2, 0) is 16.1 Å². The molecule has 0 saturated carbocycles. The van der Waals surface area contributed by atoms with E-state index in [1.54, 1.807) is 0 Å². The van der Waals surface area contributed by atoms with Crippen molar-refractivity contribution < 1.29 is 9.53 Å². The van der Waals surface area contributed by atoms with Crippen LogP contribution < -0.4 is 11.3 Å². The average Bonchev–Trinajstić information content (AvgIpc) is 2.38. The number of ether oxygens (including phenoxy) is 1. The third-order valence-electron chi connectivity index (χ3n) is 2.84. The van der Waals surface area contributed by atoms with Crippen molar-refractivity contribution in [1.29, 1.82) is 0 Å². The molecule has 4 heteroatoms. The Morgan fingerprint density at radius 2 is 2.06 bits per heavy atom. The van der Waals surface area contributed by atoms with Crippen molar-refractivity contribution in [3.8, 4) is 0 Å². The van der Waals surface area contributed by atoms with Crippen molar-refractivity contribution in [1.82, 2.24) is 5.43 Å². The Balaban J connectivity index is 2.48. The van der Waals surface area contributed by atoms with Gasteiger partial charge in [-0.15, -0.1) is 0 Å². The van der Waals surface area contributed by atoms with E-state index in [1.807, 2.05) is 44.2 Å². The van der Waals surface area contributed by atoms with Gasteiger partial charge >= 0.3 is 0 Å². The van der Waals surface area contributed by atoms with Crippen LogP contribution in [0.3, 0.4) is 0 Å². The average molecular weight is 236 g/mol. The standard InChI is InChI=1S/C13H20N2O2/c1-3-12(13(16)15-14)10(2)17-9-11-7-5-4-6-8-11/h4-8,10,12H,3,9,14H2,1-2H3,(H,15,16)/t10-,12-/m0/s1. The van der Waals surface area contributed by atoms with Crippen molar-refractivity contribution >= 4 is 5.91 Å². The lowest BCUT2D eigenvalue weighted by atomic mass is 10.00. The van der Waals surface area contributed by atoms with E-state index in [2.05, 4.69) is 5.43 Å². The van der Waals surface area contributed by atoms with Crippen molar-refractivity contribution in [3.63, 3.8) is 0 Å². The van der Waals surface area contributed by atoms with Crippen LogP contribution in [0.25, 0.3) is 0 Å². The Bertz CT molecular complexity index is 341. The first-order chi connectivity index (χ1) is 8.19. The number of carbonyl (C=O) groups excluding carboxylic acids is 1. The van der Waals surface area contributed by atoms with Crippen molar-refractivity contribution in [3.05, 3.63) is 35.9 Å². The van der Waals surface area contributed by atoms with Gasteiger partial charge in [-0.1, -0.05) is 37.3 Å². The molecule has 0 heterocycles. The van der Waals surface area contributed by atoms with E-state index in [0.29, 0.717) is 13.0 Å². The van der Waals surface area contributed by atoms with Crippen LogP contribution in [0.2, 0.25) is 0 Å². The Morgan fingerprint density at radius 3 is 2.59 bits per heavy atom. The van der Waals surface area contributed by atoms with Crippen molar-refractivity contribution in [2.45, 2.75) is 33.0 Å². The van der Waals surface area contributed by atoms with Crippen LogP contribution in [0, 0.1) is 5.92 Å². The lowest BCUT2D eigenvalue weighted by molar-refractivity contribution is -0.130. The molecule has 1 rings (SSSR count). The van der Waals surface area contributed by atoms with E-state index in [1.165, 1.54) is 0 Å². The molecule has 0 aliphatic rings. The zero-order valence-electron chi connectivity index (χ0n) is 10.3. The summed E-state index contributed by atoms with van der Waals surface area (Å²) in [5.41, 5.74) is 3.28. The minimum atomic E-state index is -0.205. The molecule has 1 aromatic carbocycles. The number of carbonyl (C=O) groups is 1. The molecule has 0 spiro atoms. The molecule has 0 saturated heterocycles. The lowest BCUT2D eigenvalue weighted by Crippen LogP contribution is -2.40. The van der Waals surface area contributed by atoms with Gasteiger partial charge in [0.05, 0.1) is 18.6 Å². The first kappa shape index (κ1) is 13.7. The van der Waals surface area contributed by atoms with Gasteiger partial charge < -0.3 is 4.74 Å². The predicted molar refractivity (Wildman–Crippen MR) is 66.8 cm³/mol. The highest BCUT2D eigenvalue weighted by Gasteiger charge is 2.23. The van der Waals surface area contributed by atoms with Crippen LogP contribution in [0.4, 0.5) is 0 Å². The number of hydrazine groups is 1. The van der Waals surface area contributed by atoms with Gasteiger partial charge in [0, 0.05) is 0 Å².